The van der Waals surface area contributed by atoms with Crippen LogP contribution in [0.5, 0.6) is 5.88 Å². The van der Waals surface area contributed by atoms with Crippen LogP contribution >= 0.6 is 0 Å². The SMILES string of the molecule is CNC(=O)c1ccc(NCc2cccc(OC)n2)c(C)c1. The number of hydrogen-bond donors (Lipinski definition) is 2. The molecule has 1 aromatic carbocycles. The Bertz CT molecular complexity index is 641. The molecule has 0 aliphatic carbocycles. The third-order valence-electron chi connectivity index (χ3n) is 3.17. The summed E-state index contributed by atoms with van der Waals surface area (Å²) in [6.07, 6.45) is 0. The lowest BCUT2D eigenvalue weighted by Gasteiger charge is -2.11. The fourth-order valence-electron chi connectivity index (χ4n) is 2.00. The number of benzene rings is 1. The molecule has 5 nitrogen and oxygen atoms in total. The van der Waals surface area contributed by atoms with E-state index >= 15 is 0 Å². The Balaban J connectivity index is 2.07. The van der Waals surface area contributed by atoms with Gasteiger partial charge in [0.25, 0.3) is 5.91 Å². The van der Waals surface area contributed by atoms with E-state index in [1.165, 1.54) is 0 Å². The zero-order chi connectivity index (χ0) is 15.2. The maximum atomic E-state index is 11.6. The average molecular weight is 285 g/mol. The second-order valence-electron chi connectivity index (χ2n) is 4.63. The van der Waals surface area contributed by atoms with Crippen LogP contribution in [0.15, 0.2) is 36.4 Å². The van der Waals surface area contributed by atoms with Gasteiger partial charge in [-0.05, 0) is 36.8 Å². The topological polar surface area (TPSA) is 63.2 Å². The lowest BCUT2D eigenvalue weighted by molar-refractivity contribution is 0.0963. The first kappa shape index (κ1) is 14.8. The Hall–Kier alpha value is -2.56. The summed E-state index contributed by atoms with van der Waals surface area (Å²) < 4.78 is 5.10. The molecule has 0 spiro atoms. The van der Waals surface area contributed by atoms with E-state index in [0.29, 0.717) is 18.0 Å². The van der Waals surface area contributed by atoms with E-state index in [0.717, 1.165) is 16.9 Å². The van der Waals surface area contributed by atoms with E-state index in [1.54, 1.807) is 20.2 Å². The maximum absolute atomic E-state index is 11.6. The minimum Gasteiger partial charge on any atom is -0.481 e. The van der Waals surface area contributed by atoms with Crippen molar-refractivity contribution in [1.82, 2.24) is 10.3 Å². The molecule has 0 atom stereocenters. The third kappa shape index (κ3) is 3.72. The number of aryl methyl sites for hydroxylation is 1. The number of ether oxygens (including phenoxy) is 1. The summed E-state index contributed by atoms with van der Waals surface area (Å²) >= 11 is 0. The molecule has 2 aromatic rings. The number of hydrogen-bond acceptors (Lipinski definition) is 4. The van der Waals surface area contributed by atoms with Crippen LogP contribution in [0.1, 0.15) is 21.6 Å². The van der Waals surface area contributed by atoms with Crippen molar-refractivity contribution in [3.05, 3.63) is 53.2 Å². The highest BCUT2D eigenvalue weighted by Gasteiger charge is 2.06. The number of nitrogens with zero attached hydrogens (tertiary/aromatic N) is 1. The van der Waals surface area contributed by atoms with Gasteiger partial charge >= 0.3 is 0 Å². The zero-order valence-corrected chi connectivity index (χ0v) is 12.4. The normalized spacial score (nSPS) is 10.0. The summed E-state index contributed by atoms with van der Waals surface area (Å²) in [5.74, 6) is 0.514. The first-order chi connectivity index (χ1) is 10.1. The second kappa shape index (κ2) is 6.74. The molecule has 0 saturated heterocycles. The van der Waals surface area contributed by atoms with Gasteiger partial charge in [0.15, 0.2) is 0 Å². The summed E-state index contributed by atoms with van der Waals surface area (Å²) in [6.45, 7) is 2.56. The van der Waals surface area contributed by atoms with Crippen LogP contribution in [0.4, 0.5) is 5.69 Å². The summed E-state index contributed by atoms with van der Waals surface area (Å²) in [7, 11) is 3.22. The van der Waals surface area contributed by atoms with E-state index in [2.05, 4.69) is 15.6 Å². The van der Waals surface area contributed by atoms with E-state index in [4.69, 9.17) is 4.74 Å². The van der Waals surface area contributed by atoms with Gasteiger partial charge in [-0.1, -0.05) is 6.07 Å². The number of pyridine rings is 1. The number of rotatable bonds is 5. The van der Waals surface area contributed by atoms with Crippen molar-refractivity contribution in [2.24, 2.45) is 0 Å². The molecular weight excluding hydrogens is 266 g/mol. The largest absolute Gasteiger partial charge is 0.481 e. The summed E-state index contributed by atoms with van der Waals surface area (Å²) in [5, 5.41) is 5.93. The van der Waals surface area contributed by atoms with Gasteiger partial charge in [-0.25, -0.2) is 4.98 Å². The molecule has 0 aliphatic rings. The fourth-order valence-corrected chi connectivity index (χ4v) is 2.00. The van der Waals surface area contributed by atoms with Crippen molar-refractivity contribution >= 4 is 11.6 Å². The van der Waals surface area contributed by atoms with Gasteiger partial charge in [-0.3, -0.25) is 4.79 Å². The Morgan fingerprint density at radius 1 is 1.29 bits per heavy atom. The number of methoxy groups -OCH3 is 1. The Kier molecular flexibility index (Phi) is 4.77. The van der Waals surface area contributed by atoms with Crippen molar-refractivity contribution in [1.29, 1.82) is 0 Å². The van der Waals surface area contributed by atoms with Crippen LogP contribution in [0.3, 0.4) is 0 Å². The zero-order valence-electron chi connectivity index (χ0n) is 12.4. The molecule has 5 heteroatoms. The lowest BCUT2D eigenvalue weighted by atomic mass is 10.1. The average Bonchev–Trinajstić information content (AvgIpc) is 2.53. The van der Waals surface area contributed by atoms with Crippen LogP contribution in [0.25, 0.3) is 0 Å². The fraction of sp³-hybridized carbons (Fsp3) is 0.250. The molecule has 1 heterocycles. The minimum atomic E-state index is -0.0842. The number of carbonyl (C=O) groups is 1. The Labute approximate surface area is 124 Å². The lowest BCUT2D eigenvalue weighted by Crippen LogP contribution is -2.17. The summed E-state index contributed by atoms with van der Waals surface area (Å²) in [4.78, 5) is 15.9. The quantitative estimate of drug-likeness (QED) is 0.885. The molecule has 1 amide bonds. The molecule has 2 rings (SSSR count). The van der Waals surface area contributed by atoms with Crippen LogP contribution < -0.4 is 15.4 Å². The van der Waals surface area contributed by atoms with Crippen molar-refractivity contribution in [3.8, 4) is 5.88 Å². The van der Waals surface area contributed by atoms with Gasteiger partial charge < -0.3 is 15.4 Å². The smallest absolute Gasteiger partial charge is 0.251 e. The molecular formula is C16H19N3O2. The molecule has 0 bridgehead atoms. The van der Waals surface area contributed by atoms with Gasteiger partial charge in [-0.2, -0.15) is 0 Å². The van der Waals surface area contributed by atoms with E-state index < -0.39 is 0 Å². The van der Waals surface area contributed by atoms with E-state index in [-0.39, 0.29) is 5.91 Å². The van der Waals surface area contributed by atoms with Crippen molar-refractivity contribution < 1.29 is 9.53 Å². The van der Waals surface area contributed by atoms with Crippen molar-refractivity contribution in [3.63, 3.8) is 0 Å². The summed E-state index contributed by atoms with van der Waals surface area (Å²) in [5.41, 5.74) is 3.54. The Morgan fingerprint density at radius 3 is 2.76 bits per heavy atom. The molecule has 0 unspecified atom stereocenters. The summed E-state index contributed by atoms with van der Waals surface area (Å²) in [6, 6.07) is 11.2. The molecule has 0 fully saturated rings. The van der Waals surface area contributed by atoms with Gasteiger partial charge in [0.05, 0.1) is 19.3 Å². The Morgan fingerprint density at radius 2 is 2.10 bits per heavy atom. The molecule has 21 heavy (non-hydrogen) atoms. The van der Waals surface area contributed by atoms with Crippen LogP contribution in [0, 0.1) is 6.92 Å². The van der Waals surface area contributed by atoms with E-state index in [9.17, 15) is 4.79 Å². The van der Waals surface area contributed by atoms with Crippen molar-refractivity contribution in [2.75, 3.05) is 19.5 Å². The van der Waals surface area contributed by atoms with Gasteiger partial charge in [0, 0.05) is 24.4 Å². The molecule has 0 radical (unpaired) electrons. The second-order valence-corrected chi connectivity index (χ2v) is 4.63. The van der Waals surface area contributed by atoms with Gasteiger partial charge in [-0.15, -0.1) is 0 Å². The van der Waals surface area contributed by atoms with Crippen molar-refractivity contribution in [2.45, 2.75) is 13.5 Å². The number of carbonyl (C=O) groups excluding carboxylic acids is 1. The van der Waals surface area contributed by atoms with Gasteiger partial charge in [0.1, 0.15) is 0 Å². The standard InChI is InChI=1S/C16H19N3O2/c1-11-9-12(16(20)17-2)7-8-14(11)18-10-13-5-4-6-15(19-13)21-3/h4-9,18H,10H2,1-3H3,(H,17,20). The van der Waals surface area contributed by atoms with Crippen LogP contribution in [-0.2, 0) is 6.54 Å². The molecule has 1 aromatic heterocycles. The predicted molar refractivity (Wildman–Crippen MR) is 82.7 cm³/mol. The first-order valence-electron chi connectivity index (χ1n) is 6.70. The highest BCUT2D eigenvalue weighted by atomic mass is 16.5. The van der Waals surface area contributed by atoms with E-state index in [1.807, 2.05) is 37.3 Å². The third-order valence-corrected chi connectivity index (χ3v) is 3.17. The number of amides is 1. The molecule has 2 N–H and O–H groups in total. The molecule has 110 valence electrons. The predicted octanol–water partition coefficient (Wildman–Crippen LogP) is 2.37. The highest BCUT2D eigenvalue weighted by molar-refractivity contribution is 5.94. The first-order valence-corrected chi connectivity index (χ1v) is 6.70. The number of anilines is 1. The molecule has 0 aliphatic heterocycles. The van der Waals surface area contributed by atoms with Crippen LogP contribution in [-0.4, -0.2) is 25.0 Å². The minimum absolute atomic E-state index is 0.0842. The van der Waals surface area contributed by atoms with Gasteiger partial charge in [0.2, 0.25) is 5.88 Å². The maximum Gasteiger partial charge on any atom is 0.251 e. The number of nitrogens with one attached hydrogen (secondary N) is 2. The molecule has 0 saturated carbocycles. The highest BCUT2D eigenvalue weighted by Crippen LogP contribution is 2.17. The van der Waals surface area contributed by atoms with Crippen LogP contribution in [0.2, 0.25) is 0 Å². The number of aromatic nitrogens is 1. The monoisotopic (exact) mass is 285 g/mol.